The van der Waals surface area contributed by atoms with Crippen molar-refractivity contribution in [2.24, 2.45) is 17.6 Å². The Balaban J connectivity index is 2.29. The molecule has 3 unspecified atom stereocenters. The van der Waals surface area contributed by atoms with Crippen LogP contribution in [0.3, 0.4) is 0 Å². The van der Waals surface area contributed by atoms with Crippen LogP contribution in [0.4, 0.5) is 0 Å². The van der Waals surface area contributed by atoms with Crippen LogP contribution < -0.4 is 11.1 Å². The first-order chi connectivity index (χ1) is 6.54. The SMILES string of the molecule is CC(C)CC(CO)NC(=O)C1CC1N. The molecule has 0 aromatic rings. The molecule has 4 heteroatoms. The zero-order valence-electron chi connectivity index (χ0n) is 8.86. The molecule has 0 radical (unpaired) electrons. The van der Waals surface area contributed by atoms with Crippen molar-refractivity contribution in [1.29, 1.82) is 0 Å². The maximum absolute atomic E-state index is 11.5. The van der Waals surface area contributed by atoms with Gasteiger partial charge in [0.15, 0.2) is 0 Å². The van der Waals surface area contributed by atoms with Gasteiger partial charge in [-0.2, -0.15) is 0 Å². The Morgan fingerprint density at radius 1 is 1.64 bits per heavy atom. The first-order valence-corrected chi connectivity index (χ1v) is 5.21. The third-order valence-electron chi connectivity index (χ3n) is 2.50. The van der Waals surface area contributed by atoms with Gasteiger partial charge in [-0.05, 0) is 18.8 Å². The van der Waals surface area contributed by atoms with Gasteiger partial charge in [-0.15, -0.1) is 0 Å². The van der Waals surface area contributed by atoms with Crippen molar-refractivity contribution in [1.82, 2.24) is 5.32 Å². The number of carbonyl (C=O) groups is 1. The average molecular weight is 200 g/mol. The van der Waals surface area contributed by atoms with E-state index in [0.717, 1.165) is 12.8 Å². The standard InChI is InChI=1S/C10H20N2O2/c1-6(2)3-7(5-13)12-10(14)8-4-9(8)11/h6-9,13H,3-5,11H2,1-2H3,(H,12,14). The summed E-state index contributed by atoms with van der Waals surface area (Å²) in [4.78, 5) is 11.5. The Labute approximate surface area is 84.9 Å². The normalized spacial score (nSPS) is 27.5. The van der Waals surface area contributed by atoms with Gasteiger partial charge in [0.05, 0.1) is 18.6 Å². The molecule has 0 heterocycles. The Morgan fingerprint density at radius 2 is 2.21 bits per heavy atom. The lowest BCUT2D eigenvalue weighted by atomic mass is 10.0. The van der Waals surface area contributed by atoms with Crippen LogP contribution in [0, 0.1) is 11.8 Å². The monoisotopic (exact) mass is 200 g/mol. The van der Waals surface area contributed by atoms with Gasteiger partial charge in [-0.1, -0.05) is 13.8 Å². The van der Waals surface area contributed by atoms with Gasteiger partial charge in [-0.25, -0.2) is 0 Å². The smallest absolute Gasteiger partial charge is 0.225 e. The maximum Gasteiger partial charge on any atom is 0.225 e. The van der Waals surface area contributed by atoms with Crippen LogP contribution in [0.1, 0.15) is 26.7 Å². The highest BCUT2D eigenvalue weighted by molar-refractivity contribution is 5.82. The third-order valence-corrected chi connectivity index (χ3v) is 2.50. The molecule has 0 saturated heterocycles. The van der Waals surface area contributed by atoms with Crippen molar-refractivity contribution < 1.29 is 9.90 Å². The van der Waals surface area contributed by atoms with E-state index >= 15 is 0 Å². The molecule has 14 heavy (non-hydrogen) atoms. The second-order valence-electron chi connectivity index (χ2n) is 4.52. The molecular formula is C10H20N2O2. The van der Waals surface area contributed by atoms with E-state index in [2.05, 4.69) is 19.2 Å². The van der Waals surface area contributed by atoms with E-state index < -0.39 is 0 Å². The topological polar surface area (TPSA) is 75.3 Å². The first kappa shape index (κ1) is 11.5. The number of aliphatic hydroxyl groups excluding tert-OH is 1. The molecule has 1 fully saturated rings. The Bertz CT molecular complexity index is 206. The zero-order valence-corrected chi connectivity index (χ0v) is 8.86. The number of hydrogen-bond acceptors (Lipinski definition) is 3. The highest BCUT2D eigenvalue weighted by Gasteiger charge is 2.40. The second kappa shape index (κ2) is 4.75. The van der Waals surface area contributed by atoms with Crippen LogP contribution >= 0.6 is 0 Å². The number of carbonyl (C=O) groups excluding carboxylic acids is 1. The van der Waals surface area contributed by atoms with Crippen molar-refractivity contribution in [2.75, 3.05) is 6.61 Å². The molecule has 0 aromatic carbocycles. The maximum atomic E-state index is 11.5. The quantitative estimate of drug-likeness (QED) is 0.578. The summed E-state index contributed by atoms with van der Waals surface area (Å²) in [5.74, 6) is 0.453. The lowest BCUT2D eigenvalue weighted by molar-refractivity contribution is -0.123. The molecule has 3 atom stereocenters. The summed E-state index contributed by atoms with van der Waals surface area (Å²) in [5.41, 5.74) is 5.56. The minimum Gasteiger partial charge on any atom is -0.394 e. The van der Waals surface area contributed by atoms with Crippen molar-refractivity contribution in [3.63, 3.8) is 0 Å². The van der Waals surface area contributed by atoms with Gasteiger partial charge in [0.1, 0.15) is 0 Å². The van der Waals surface area contributed by atoms with Crippen LogP contribution in [0.25, 0.3) is 0 Å². The largest absolute Gasteiger partial charge is 0.394 e. The van der Waals surface area contributed by atoms with Crippen LogP contribution in [-0.4, -0.2) is 29.7 Å². The van der Waals surface area contributed by atoms with Crippen molar-refractivity contribution in [2.45, 2.75) is 38.8 Å². The number of hydrogen-bond donors (Lipinski definition) is 3. The summed E-state index contributed by atoms with van der Waals surface area (Å²) in [7, 11) is 0. The fourth-order valence-electron chi connectivity index (χ4n) is 1.57. The number of rotatable bonds is 5. The molecule has 1 amide bonds. The van der Waals surface area contributed by atoms with Crippen LogP contribution in [0.5, 0.6) is 0 Å². The van der Waals surface area contributed by atoms with Gasteiger partial charge in [0.2, 0.25) is 5.91 Å². The molecule has 4 N–H and O–H groups in total. The minimum absolute atomic E-state index is 0.00259. The molecule has 0 aliphatic heterocycles. The lowest BCUT2D eigenvalue weighted by Gasteiger charge is -2.18. The molecule has 1 rings (SSSR count). The first-order valence-electron chi connectivity index (χ1n) is 5.21. The van der Waals surface area contributed by atoms with E-state index in [0.29, 0.717) is 5.92 Å². The fraction of sp³-hybridized carbons (Fsp3) is 0.900. The van der Waals surface area contributed by atoms with Gasteiger partial charge in [0, 0.05) is 6.04 Å². The molecule has 82 valence electrons. The molecule has 0 spiro atoms. The summed E-state index contributed by atoms with van der Waals surface area (Å²) in [6, 6.07) is -0.0799. The van der Waals surface area contributed by atoms with E-state index in [9.17, 15) is 4.79 Å². The van der Waals surface area contributed by atoms with Gasteiger partial charge < -0.3 is 16.2 Å². The molecular weight excluding hydrogens is 180 g/mol. The second-order valence-corrected chi connectivity index (χ2v) is 4.52. The van der Waals surface area contributed by atoms with Crippen molar-refractivity contribution in [3.05, 3.63) is 0 Å². The molecule has 4 nitrogen and oxygen atoms in total. The summed E-state index contributed by atoms with van der Waals surface area (Å²) in [5, 5.41) is 11.9. The number of amides is 1. The molecule has 1 saturated carbocycles. The fourth-order valence-corrected chi connectivity index (χ4v) is 1.57. The van der Waals surface area contributed by atoms with Gasteiger partial charge in [0.25, 0.3) is 0 Å². The van der Waals surface area contributed by atoms with Crippen LogP contribution in [0.15, 0.2) is 0 Å². The van der Waals surface area contributed by atoms with Gasteiger partial charge in [-0.3, -0.25) is 4.79 Å². The Morgan fingerprint density at radius 3 is 2.57 bits per heavy atom. The van der Waals surface area contributed by atoms with E-state index in [1.54, 1.807) is 0 Å². The lowest BCUT2D eigenvalue weighted by Crippen LogP contribution is -2.40. The number of nitrogens with one attached hydrogen (secondary N) is 1. The highest BCUT2D eigenvalue weighted by atomic mass is 16.3. The number of aliphatic hydroxyl groups is 1. The summed E-state index contributed by atoms with van der Waals surface area (Å²) in [6.07, 6.45) is 1.59. The summed E-state index contributed by atoms with van der Waals surface area (Å²) < 4.78 is 0. The zero-order chi connectivity index (χ0) is 10.7. The van der Waals surface area contributed by atoms with E-state index in [-0.39, 0.29) is 30.5 Å². The van der Waals surface area contributed by atoms with E-state index in [4.69, 9.17) is 10.8 Å². The average Bonchev–Trinajstić information content (AvgIpc) is 2.80. The third kappa shape index (κ3) is 3.27. The van der Waals surface area contributed by atoms with E-state index in [1.807, 2.05) is 0 Å². The van der Waals surface area contributed by atoms with Crippen molar-refractivity contribution in [3.8, 4) is 0 Å². The predicted molar refractivity (Wildman–Crippen MR) is 54.6 cm³/mol. The van der Waals surface area contributed by atoms with Gasteiger partial charge >= 0.3 is 0 Å². The van der Waals surface area contributed by atoms with Crippen LogP contribution in [-0.2, 0) is 4.79 Å². The minimum atomic E-state index is -0.115. The van der Waals surface area contributed by atoms with E-state index in [1.165, 1.54) is 0 Å². The molecule has 1 aliphatic rings. The summed E-state index contributed by atoms with van der Waals surface area (Å²) >= 11 is 0. The highest BCUT2D eigenvalue weighted by Crippen LogP contribution is 2.27. The number of nitrogens with two attached hydrogens (primary N) is 1. The molecule has 0 bridgehead atoms. The predicted octanol–water partition coefficient (Wildman–Crippen LogP) is -0.143. The Hall–Kier alpha value is -0.610. The van der Waals surface area contributed by atoms with Crippen molar-refractivity contribution >= 4 is 5.91 Å². The summed E-state index contributed by atoms with van der Waals surface area (Å²) in [6.45, 7) is 4.14. The Kier molecular flexibility index (Phi) is 3.89. The molecule has 0 aromatic heterocycles. The molecule has 1 aliphatic carbocycles. The van der Waals surface area contributed by atoms with Crippen LogP contribution in [0.2, 0.25) is 0 Å².